The van der Waals surface area contributed by atoms with Crippen LogP contribution in [0.4, 0.5) is 10.2 Å². The van der Waals surface area contributed by atoms with Crippen molar-refractivity contribution in [1.29, 1.82) is 0 Å². The lowest BCUT2D eigenvalue weighted by molar-refractivity contribution is 0.174. The number of hydrogen-bond acceptors (Lipinski definition) is 7. The van der Waals surface area contributed by atoms with Gasteiger partial charge in [0.2, 0.25) is 6.79 Å². The highest BCUT2D eigenvalue weighted by Crippen LogP contribution is 2.32. The highest BCUT2D eigenvalue weighted by atomic mass is 35.5. The van der Waals surface area contributed by atoms with Gasteiger partial charge in [0.25, 0.3) is 0 Å². The van der Waals surface area contributed by atoms with Crippen LogP contribution in [0.15, 0.2) is 53.6 Å². The van der Waals surface area contributed by atoms with Gasteiger partial charge in [0, 0.05) is 0 Å². The Morgan fingerprint density at radius 3 is 2.90 bits per heavy atom. The Kier molecular flexibility index (Phi) is 4.21. The van der Waals surface area contributed by atoms with Crippen LogP contribution < -0.4 is 14.9 Å². The van der Waals surface area contributed by atoms with Crippen molar-refractivity contribution in [1.82, 2.24) is 19.8 Å². The molecule has 0 fully saturated rings. The van der Waals surface area contributed by atoms with Gasteiger partial charge in [0.15, 0.2) is 28.8 Å². The molecule has 0 unspecified atom stereocenters. The van der Waals surface area contributed by atoms with Gasteiger partial charge in [-0.3, -0.25) is 5.43 Å². The third-order valence-corrected chi connectivity index (χ3v) is 4.55. The number of fused-ring (bicyclic) bond motifs is 2. The molecule has 1 aliphatic rings. The molecule has 8 nitrogen and oxygen atoms in total. The van der Waals surface area contributed by atoms with Crippen molar-refractivity contribution in [3.05, 3.63) is 64.9 Å². The van der Waals surface area contributed by atoms with Crippen molar-refractivity contribution in [3.63, 3.8) is 0 Å². The normalized spacial score (nSPS) is 12.8. The highest BCUT2D eigenvalue weighted by Gasteiger charge is 2.17. The number of halogens is 2. The second-order valence-corrected chi connectivity index (χ2v) is 6.50. The number of hydrogen-bond donors (Lipinski definition) is 1. The summed E-state index contributed by atoms with van der Waals surface area (Å²) in [5.41, 5.74) is 4.24. The standard InChI is InChI=1S/C19H12ClFN6O2/c20-12-2-1-3-13(21)18(12)19-25-24-17-7-6-16(26-27(17)19)23-22-9-11-4-5-14-15(8-11)29-10-28-14/h1-9H,10H2,(H,23,26)/b22-9+. The van der Waals surface area contributed by atoms with E-state index in [0.717, 1.165) is 5.56 Å². The van der Waals surface area contributed by atoms with E-state index in [2.05, 4.69) is 25.8 Å². The predicted octanol–water partition coefficient (Wildman–Crippen LogP) is 3.76. The van der Waals surface area contributed by atoms with Crippen molar-refractivity contribution in [2.45, 2.75) is 0 Å². The van der Waals surface area contributed by atoms with E-state index in [1.165, 1.54) is 16.6 Å². The van der Waals surface area contributed by atoms with Crippen molar-refractivity contribution >= 4 is 29.3 Å². The van der Waals surface area contributed by atoms with Gasteiger partial charge in [-0.2, -0.15) is 9.62 Å². The molecular formula is C19H12ClFN6O2. The van der Waals surface area contributed by atoms with Gasteiger partial charge in [0.1, 0.15) is 5.82 Å². The number of hydrazone groups is 1. The summed E-state index contributed by atoms with van der Waals surface area (Å²) in [5.74, 6) is 1.49. The molecule has 0 atom stereocenters. The first-order valence-corrected chi connectivity index (χ1v) is 8.92. The van der Waals surface area contributed by atoms with E-state index in [-0.39, 0.29) is 23.2 Å². The van der Waals surface area contributed by atoms with Crippen LogP contribution in [-0.2, 0) is 0 Å². The smallest absolute Gasteiger partial charge is 0.231 e. The lowest BCUT2D eigenvalue weighted by atomic mass is 10.2. The number of nitrogens with one attached hydrogen (secondary N) is 1. The summed E-state index contributed by atoms with van der Waals surface area (Å²) < 4.78 is 26.3. The monoisotopic (exact) mass is 410 g/mol. The first kappa shape index (κ1) is 17.4. The Balaban J connectivity index is 1.43. The maximum absolute atomic E-state index is 14.3. The van der Waals surface area contributed by atoms with E-state index >= 15 is 0 Å². The molecule has 10 heteroatoms. The summed E-state index contributed by atoms with van der Waals surface area (Å²) in [4.78, 5) is 0. The molecule has 144 valence electrons. The lowest BCUT2D eigenvalue weighted by Crippen LogP contribution is -2.01. The molecule has 2 aromatic carbocycles. The zero-order valence-corrected chi connectivity index (χ0v) is 15.5. The Labute approximate surface area is 168 Å². The molecule has 0 amide bonds. The second-order valence-electron chi connectivity index (χ2n) is 6.09. The molecule has 0 aliphatic carbocycles. The SMILES string of the molecule is Fc1cccc(Cl)c1-c1nnc2ccc(N/N=C/c3ccc4c(c3)OCO4)nn12. The first-order valence-electron chi connectivity index (χ1n) is 8.54. The van der Waals surface area contributed by atoms with Gasteiger partial charge in [0.05, 0.1) is 16.8 Å². The zero-order chi connectivity index (χ0) is 19.8. The summed E-state index contributed by atoms with van der Waals surface area (Å²) in [5, 5.41) is 16.8. The Morgan fingerprint density at radius 2 is 2.00 bits per heavy atom. The van der Waals surface area contributed by atoms with E-state index in [9.17, 15) is 4.39 Å². The zero-order valence-electron chi connectivity index (χ0n) is 14.7. The maximum Gasteiger partial charge on any atom is 0.231 e. The summed E-state index contributed by atoms with van der Waals surface area (Å²) >= 11 is 6.15. The minimum Gasteiger partial charge on any atom is -0.454 e. The fourth-order valence-electron chi connectivity index (χ4n) is 2.88. The van der Waals surface area contributed by atoms with Crippen LogP contribution in [0.3, 0.4) is 0 Å². The molecule has 29 heavy (non-hydrogen) atoms. The average molecular weight is 411 g/mol. The Bertz CT molecular complexity index is 1240. The molecule has 0 saturated carbocycles. The summed E-state index contributed by atoms with van der Waals surface area (Å²) in [6, 6.07) is 13.3. The number of aromatic nitrogens is 4. The molecule has 3 heterocycles. The van der Waals surface area contributed by atoms with Gasteiger partial charge in [-0.15, -0.1) is 15.3 Å². The molecule has 2 aromatic heterocycles. The number of anilines is 1. The van der Waals surface area contributed by atoms with Crippen LogP contribution in [0, 0.1) is 5.82 Å². The largest absolute Gasteiger partial charge is 0.454 e. The first-order chi connectivity index (χ1) is 14.2. The van der Waals surface area contributed by atoms with E-state index in [1.807, 2.05) is 18.2 Å². The molecular weight excluding hydrogens is 399 g/mol. The van der Waals surface area contributed by atoms with Gasteiger partial charge in [-0.1, -0.05) is 17.7 Å². The lowest BCUT2D eigenvalue weighted by Gasteiger charge is -2.05. The van der Waals surface area contributed by atoms with Crippen molar-refractivity contribution in [2.24, 2.45) is 5.10 Å². The van der Waals surface area contributed by atoms with Crippen LogP contribution >= 0.6 is 11.6 Å². The molecule has 0 bridgehead atoms. The van der Waals surface area contributed by atoms with Crippen molar-refractivity contribution < 1.29 is 13.9 Å². The predicted molar refractivity (Wildman–Crippen MR) is 105 cm³/mol. The molecule has 1 aliphatic heterocycles. The number of benzene rings is 2. The van der Waals surface area contributed by atoms with Crippen LogP contribution in [-0.4, -0.2) is 32.8 Å². The molecule has 0 radical (unpaired) electrons. The number of nitrogens with zero attached hydrogens (tertiary/aromatic N) is 5. The highest BCUT2D eigenvalue weighted by molar-refractivity contribution is 6.33. The van der Waals surface area contributed by atoms with Crippen LogP contribution in [0.25, 0.3) is 17.0 Å². The van der Waals surface area contributed by atoms with Crippen LogP contribution in [0.2, 0.25) is 5.02 Å². The van der Waals surface area contributed by atoms with Crippen LogP contribution in [0.1, 0.15) is 5.56 Å². The Hall–Kier alpha value is -3.72. The van der Waals surface area contributed by atoms with Gasteiger partial charge >= 0.3 is 0 Å². The van der Waals surface area contributed by atoms with E-state index in [0.29, 0.717) is 23.0 Å². The quantitative estimate of drug-likeness (QED) is 0.407. The Morgan fingerprint density at radius 1 is 1.10 bits per heavy atom. The van der Waals surface area contributed by atoms with Crippen molar-refractivity contribution in [3.8, 4) is 22.9 Å². The summed E-state index contributed by atoms with van der Waals surface area (Å²) in [6.45, 7) is 0.214. The number of rotatable bonds is 4. The second kappa shape index (κ2) is 7.02. The molecule has 5 rings (SSSR count). The van der Waals surface area contributed by atoms with E-state index in [4.69, 9.17) is 21.1 Å². The third kappa shape index (κ3) is 3.21. The van der Waals surface area contributed by atoms with Crippen LogP contribution in [0.5, 0.6) is 11.5 Å². The summed E-state index contributed by atoms with van der Waals surface area (Å²) in [6.07, 6.45) is 1.62. The van der Waals surface area contributed by atoms with Gasteiger partial charge in [-0.25, -0.2) is 4.39 Å². The molecule has 0 saturated heterocycles. The maximum atomic E-state index is 14.3. The topological polar surface area (TPSA) is 85.9 Å². The van der Waals surface area contributed by atoms with Gasteiger partial charge < -0.3 is 9.47 Å². The third-order valence-electron chi connectivity index (χ3n) is 4.24. The summed E-state index contributed by atoms with van der Waals surface area (Å²) in [7, 11) is 0. The number of ether oxygens (including phenoxy) is 2. The van der Waals surface area contributed by atoms with Gasteiger partial charge in [-0.05, 0) is 48.0 Å². The molecule has 0 spiro atoms. The van der Waals surface area contributed by atoms with E-state index in [1.54, 1.807) is 24.4 Å². The minimum absolute atomic E-state index is 0.134. The average Bonchev–Trinajstić information content (AvgIpc) is 3.34. The van der Waals surface area contributed by atoms with E-state index < -0.39 is 5.82 Å². The molecule has 4 aromatic rings. The molecule has 1 N–H and O–H groups in total. The fourth-order valence-corrected chi connectivity index (χ4v) is 3.13. The minimum atomic E-state index is -0.507. The van der Waals surface area contributed by atoms with Crippen molar-refractivity contribution in [2.75, 3.05) is 12.2 Å². The fraction of sp³-hybridized carbons (Fsp3) is 0.0526.